The van der Waals surface area contributed by atoms with Crippen LogP contribution in [0, 0.1) is 0 Å². The topological polar surface area (TPSA) is 75.0 Å². The molecule has 0 saturated carbocycles. The van der Waals surface area contributed by atoms with Gasteiger partial charge in [0.05, 0.1) is 12.0 Å². The zero-order valence-electron chi connectivity index (χ0n) is 20.2. The number of hydrogen-bond donors (Lipinski definition) is 0. The SMILES string of the molecule is CC/C=C/CCOc1c(OC(C)=O)c2ccc(OC/C=C(\C)CCC=C(C)C)cc2oc1=O. The fourth-order valence-corrected chi connectivity index (χ4v) is 3.08. The summed E-state index contributed by atoms with van der Waals surface area (Å²) in [5, 5.41) is 0.463. The second-order valence-corrected chi connectivity index (χ2v) is 8.00. The van der Waals surface area contributed by atoms with E-state index >= 15 is 0 Å². The van der Waals surface area contributed by atoms with Crippen LogP contribution in [0.15, 0.2) is 62.9 Å². The molecule has 6 heteroatoms. The van der Waals surface area contributed by atoms with Gasteiger partial charge in [0.15, 0.2) is 5.75 Å². The molecular weight excluding hydrogens is 420 g/mol. The Morgan fingerprint density at radius 3 is 2.48 bits per heavy atom. The van der Waals surface area contributed by atoms with Crippen molar-refractivity contribution in [3.63, 3.8) is 0 Å². The van der Waals surface area contributed by atoms with E-state index < -0.39 is 11.6 Å². The second-order valence-electron chi connectivity index (χ2n) is 8.00. The molecular formula is C27H34O6. The number of benzene rings is 1. The molecule has 0 fully saturated rings. The summed E-state index contributed by atoms with van der Waals surface area (Å²) in [7, 11) is 0. The molecule has 0 radical (unpaired) electrons. The van der Waals surface area contributed by atoms with E-state index in [1.807, 2.05) is 25.2 Å². The Morgan fingerprint density at radius 1 is 1.00 bits per heavy atom. The molecule has 0 saturated heterocycles. The Balaban J connectivity index is 2.20. The van der Waals surface area contributed by atoms with Crippen LogP contribution < -0.4 is 19.8 Å². The van der Waals surface area contributed by atoms with Gasteiger partial charge in [0.1, 0.15) is 17.9 Å². The van der Waals surface area contributed by atoms with E-state index in [9.17, 15) is 9.59 Å². The predicted octanol–water partition coefficient (Wildman–Crippen LogP) is 6.52. The average molecular weight is 455 g/mol. The van der Waals surface area contributed by atoms with Crippen molar-refractivity contribution in [3.05, 3.63) is 64.1 Å². The van der Waals surface area contributed by atoms with E-state index in [0.717, 1.165) is 19.3 Å². The minimum atomic E-state index is -0.703. The van der Waals surface area contributed by atoms with Gasteiger partial charge in [-0.05, 0) is 64.7 Å². The summed E-state index contributed by atoms with van der Waals surface area (Å²) in [5.41, 5.74) is 2.11. The van der Waals surface area contributed by atoms with Crippen LogP contribution in [0.1, 0.15) is 60.3 Å². The number of allylic oxidation sites excluding steroid dienone is 4. The Bertz CT molecular complexity index is 1080. The lowest BCUT2D eigenvalue weighted by Crippen LogP contribution is -2.13. The summed E-state index contributed by atoms with van der Waals surface area (Å²) in [5.74, 6) is -0.0428. The highest BCUT2D eigenvalue weighted by Gasteiger charge is 2.20. The number of rotatable bonds is 12. The van der Waals surface area contributed by atoms with E-state index in [-0.39, 0.29) is 23.7 Å². The molecule has 0 amide bonds. The van der Waals surface area contributed by atoms with Crippen molar-refractivity contribution in [1.82, 2.24) is 0 Å². The summed E-state index contributed by atoms with van der Waals surface area (Å²) in [6.07, 6.45) is 11.8. The monoisotopic (exact) mass is 454 g/mol. The van der Waals surface area contributed by atoms with Crippen molar-refractivity contribution in [3.8, 4) is 17.2 Å². The molecule has 6 nitrogen and oxygen atoms in total. The Morgan fingerprint density at radius 2 is 1.79 bits per heavy atom. The van der Waals surface area contributed by atoms with Crippen LogP contribution >= 0.6 is 0 Å². The largest absolute Gasteiger partial charge is 0.489 e. The fourth-order valence-electron chi connectivity index (χ4n) is 3.08. The maximum absolute atomic E-state index is 12.6. The average Bonchev–Trinajstić information content (AvgIpc) is 2.74. The van der Waals surface area contributed by atoms with E-state index in [1.54, 1.807) is 18.2 Å². The summed E-state index contributed by atoms with van der Waals surface area (Å²) in [6, 6.07) is 5.06. The van der Waals surface area contributed by atoms with Crippen molar-refractivity contribution in [2.24, 2.45) is 0 Å². The summed E-state index contributed by atoms with van der Waals surface area (Å²) in [4.78, 5) is 24.2. The lowest BCUT2D eigenvalue weighted by molar-refractivity contribution is -0.131. The molecule has 0 aliphatic heterocycles. The minimum Gasteiger partial charge on any atom is -0.489 e. The van der Waals surface area contributed by atoms with Gasteiger partial charge in [-0.2, -0.15) is 0 Å². The van der Waals surface area contributed by atoms with Crippen molar-refractivity contribution in [2.45, 2.75) is 60.3 Å². The van der Waals surface area contributed by atoms with E-state index in [4.69, 9.17) is 18.6 Å². The highest BCUT2D eigenvalue weighted by Crippen LogP contribution is 2.35. The van der Waals surface area contributed by atoms with E-state index in [0.29, 0.717) is 24.2 Å². The number of carbonyl (C=O) groups excluding carboxylic acids is 1. The first-order valence-corrected chi connectivity index (χ1v) is 11.3. The minimum absolute atomic E-state index is 0.0646. The molecule has 33 heavy (non-hydrogen) atoms. The normalized spacial score (nSPS) is 11.6. The Kier molecular flexibility index (Phi) is 10.5. The Labute approximate surface area is 195 Å². The maximum Gasteiger partial charge on any atom is 0.383 e. The van der Waals surface area contributed by atoms with Gasteiger partial charge >= 0.3 is 11.6 Å². The number of carbonyl (C=O) groups is 1. The van der Waals surface area contributed by atoms with Gasteiger partial charge in [-0.15, -0.1) is 0 Å². The third-order valence-corrected chi connectivity index (χ3v) is 4.74. The first-order chi connectivity index (χ1) is 15.8. The standard InChI is InChI=1S/C27H34O6/c1-6-7-8-9-16-31-26-25(32-21(5)28)23-14-13-22(18-24(23)33-27(26)29)30-17-15-20(4)12-10-11-19(2)3/h7-8,11,13-15,18H,6,9-10,12,16-17H2,1-5H3/b8-7+,20-15+. The van der Waals surface area contributed by atoms with Gasteiger partial charge in [-0.1, -0.05) is 36.3 Å². The van der Waals surface area contributed by atoms with Crippen LogP contribution in [0.2, 0.25) is 0 Å². The van der Waals surface area contributed by atoms with Crippen LogP contribution in [-0.2, 0) is 4.79 Å². The molecule has 0 aliphatic carbocycles. The smallest absolute Gasteiger partial charge is 0.383 e. The van der Waals surface area contributed by atoms with Crippen molar-refractivity contribution in [1.29, 1.82) is 0 Å². The number of hydrogen-bond acceptors (Lipinski definition) is 6. The van der Waals surface area contributed by atoms with E-state index in [1.165, 1.54) is 18.1 Å². The van der Waals surface area contributed by atoms with Crippen LogP contribution in [0.4, 0.5) is 0 Å². The Hall–Kier alpha value is -3.28. The van der Waals surface area contributed by atoms with Crippen LogP contribution in [0.3, 0.4) is 0 Å². The van der Waals surface area contributed by atoms with Gasteiger partial charge in [-0.25, -0.2) is 4.79 Å². The van der Waals surface area contributed by atoms with Gasteiger partial charge < -0.3 is 18.6 Å². The first-order valence-electron chi connectivity index (χ1n) is 11.3. The van der Waals surface area contributed by atoms with Crippen LogP contribution in [0.25, 0.3) is 11.0 Å². The molecule has 0 bridgehead atoms. The van der Waals surface area contributed by atoms with Crippen molar-refractivity contribution >= 4 is 16.9 Å². The molecule has 1 aromatic heterocycles. The molecule has 1 heterocycles. The predicted molar refractivity (Wildman–Crippen MR) is 131 cm³/mol. The molecule has 0 atom stereocenters. The lowest BCUT2D eigenvalue weighted by atomic mass is 10.1. The third-order valence-electron chi connectivity index (χ3n) is 4.74. The molecule has 2 rings (SSSR count). The van der Waals surface area contributed by atoms with Crippen molar-refractivity contribution in [2.75, 3.05) is 13.2 Å². The zero-order chi connectivity index (χ0) is 24.2. The summed E-state index contributed by atoms with van der Waals surface area (Å²) >= 11 is 0. The molecule has 0 aliphatic rings. The van der Waals surface area contributed by atoms with Crippen molar-refractivity contribution < 1.29 is 23.4 Å². The molecule has 0 N–H and O–H groups in total. The summed E-state index contributed by atoms with van der Waals surface area (Å²) < 4.78 is 22.2. The number of ether oxygens (including phenoxy) is 3. The van der Waals surface area contributed by atoms with Gasteiger partial charge in [0.25, 0.3) is 0 Å². The molecule has 178 valence electrons. The molecule has 0 unspecified atom stereocenters. The van der Waals surface area contributed by atoms with Gasteiger partial charge in [0.2, 0.25) is 5.75 Å². The highest BCUT2D eigenvalue weighted by atomic mass is 16.6. The molecule has 0 spiro atoms. The highest BCUT2D eigenvalue weighted by molar-refractivity contribution is 5.89. The first kappa shape index (κ1) is 26.0. The fraction of sp³-hybridized carbons (Fsp3) is 0.407. The quantitative estimate of drug-likeness (QED) is 0.157. The number of fused-ring (bicyclic) bond motifs is 1. The second kappa shape index (κ2) is 13.3. The summed E-state index contributed by atoms with van der Waals surface area (Å²) in [6.45, 7) is 10.2. The van der Waals surface area contributed by atoms with Gasteiger partial charge in [-0.3, -0.25) is 4.79 Å². The third kappa shape index (κ3) is 8.64. The molecule has 1 aromatic carbocycles. The maximum atomic E-state index is 12.6. The van der Waals surface area contributed by atoms with E-state index in [2.05, 4.69) is 26.8 Å². The zero-order valence-corrected chi connectivity index (χ0v) is 20.2. The number of esters is 1. The van der Waals surface area contributed by atoms with Crippen LogP contribution in [0.5, 0.6) is 17.2 Å². The lowest BCUT2D eigenvalue weighted by Gasteiger charge is -2.12. The van der Waals surface area contributed by atoms with Crippen LogP contribution in [-0.4, -0.2) is 19.2 Å². The van der Waals surface area contributed by atoms with Gasteiger partial charge in [0, 0.05) is 13.0 Å². The molecule has 2 aromatic rings.